The summed E-state index contributed by atoms with van der Waals surface area (Å²) >= 11 is 8.20. The van der Waals surface area contributed by atoms with E-state index in [1.165, 1.54) is 5.75 Å². The number of thioether (sulfide) groups is 1. The van der Waals surface area contributed by atoms with Gasteiger partial charge in [-0.1, -0.05) is 17.7 Å². The highest BCUT2D eigenvalue weighted by molar-refractivity contribution is 7.99. The molecule has 1 aromatic carbocycles. The lowest BCUT2D eigenvalue weighted by molar-refractivity contribution is 0.229. The van der Waals surface area contributed by atoms with Crippen molar-refractivity contribution >= 4 is 23.4 Å². The summed E-state index contributed by atoms with van der Waals surface area (Å²) in [4.78, 5) is 0. The number of nitrogens with two attached hydrogens (primary N) is 1. The van der Waals surface area contributed by atoms with Crippen molar-refractivity contribution in [1.29, 1.82) is 0 Å². The normalized spacial score (nSPS) is 20.1. The van der Waals surface area contributed by atoms with E-state index >= 15 is 0 Å². The van der Waals surface area contributed by atoms with Crippen LogP contribution < -0.4 is 10.5 Å². The van der Waals surface area contributed by atoms with Crippen molar-refractivity contribution in [1.82, 2.24) is 0 Å². The smallest absolute Gasteiger partial charge is 0.138 e. The largest absolute Gasteiger partial charge is 0.488 e. The Labute approximate surface area is 118 Å². The Balaban J connectivity index is 2.04. The highest BCUT2D eigenvalue weighted by Gasteiger charge is 2.19. The Morgan fingerprint density at radius 1 is 1.50 bits per heavy atom. The van der Waals surface area contributed by atoms with E-state index in [1.54, 1.807) is 0 Å². The molecule has 0 saturated carbocycles. The van der Waals surface area contributed by atoms with Gasteiger partial charge in [-0.3, -0.25) is 0 Å². The summed E-state index contributed by atoms with van der Waals surface area (Å²) in [5.74, 6) is 3.04. The average molecular weight is 286 g/mol. The maximum Gasteiger partial charge on any atom is 0.138 e. The maximum absolute atomic E-state index is 6.26. The number of benzene rings is 1. The number of rotatable bonds is 4. The molecule has 1 heterocycles. The number of ether oxygens (including phenoxy) is 1. The average Bonchev–Trinajstić information content (AvgIpc) is 2.72. The van der Waals surface area contributed by atoms with E-state index in [0.717, 1.165) is 29.9 Å². The fourth-order valence-corrected chi connectivity index (χ4v) is 3.40. The molecule has 0 radical (unpaired) electrons. The van der Waals surface area contributed by atoms with Gasteiger partial charge < -0.3 is 10.5 Å². The molecule has 1 unspecified atom stereocenters. The topological polar surface area (TPSA) is 35.2 Å². The van der Waals surface area contributed by atoms with E-state index < -0.39 is 0 Å². The fourth-order valence-electron chi connectivity index (χ4n) is 2.06. The third-order valence-corrected chi connectivity index (χ3v) is 4.26. The van der Waals surface area contributed by atoms with E-state index in [4.69, 9.17) is 22.1 Å². The fraction of sp³-hybridized carbons (Fsp3) is 0.571. The summed E-state index contributed by atoms with van der Waals surface area (Å²) in [6.07, 6.45) is 2.23. The van der Waals surface area contributed by atoms with Crippen LogP contribution in [0.3, 0.4) is 0 Å². The molecule has 2 rings (SSSR count). The lowest BCUT2D eigenvalue weighted by Crippen LogP contribution is -2.34. The third kappa shape index (κ3) is 4.08. The molecule has 1 fully saturated rings. The minimum Gasteiger partial charge on any atom is -0.488 e. The first-order valence-electron chi connectivity index (χ1n) is 6.26. The lowest BCUT2D eigenvalue weighted by atomic mass is 9.96. The van der Waals surface area contributed by atoms with E-state index in [1.807, 2.05) is 37.7 Å². The quantitative estimate of drug-likeness (QED) is 0.919. The molecule has 0 spiro atoms. The molecule has 0 aromatic heterocycles. The first-order chi connectivity index (χ1) is 8.44. The van der Waals surface area contributed by atoms with Gasteiger partial charge in [-0.05, 0) is 50.1 Å². The summed E-state index contributed by atoms with van der Waals surface area (Å²) in [6, 6.07) is 5.98. The molecule has 100 valence electrons. The van der Waals surface area contributed by atoms with Crippen LogP contribution in [0.1, 0.15) is 25.8 Å². The molecule has 1 atom stereocenters. The summed E-state index contributed by atoms with van der Waals surface area (Å²) in [5, 5.41) is 0.689. The van der Waals surface area contributed by atoms with Crippen LogP contribution in [0.4, 0.5) is 0 Å². The van der Waals surface area contributed by atoms with Crippen LogP contribution in [0.5, 0.6) is 5.75 Å². The van der Waals surface area contributed by atoms with E-state index in [2.05, 4.69) is 6.07 Å². The van der Waals surface area contributed by atoms with Crippen molar-refractivity contribution in [2.45, 2.75) is 38.3 Å². The Morgan fingerprint density at radius 3 is 2.83 bits per heavy atom. The predicted octanol–water partition coefficient (Wildman–Crippen LogP) is 3.50. The Hall–Kier alpha value is -0.380. The number of hydrogen-bond acceptors (Lipinski definition) is 3. The molecular formula is C14H20ClNOS. The zero-order valence-electron chi connectivity index (χ0n) is 10.9. The predicted molar refractivity (Wildman–Crippen MR) is 79.8 cm³/mol. The molecule has 0 amide bonds. The Kier molecular flexibility index (Phi) is 4.46. The monoisotopic (exact) mass is 285 g/mol. The second kappa shape index (κ2) is 5.72. The summed E-state index contributed by atoms with van der Waals surface area (Å²) in [7, 11) is 0. The van der Waals surface area contributed by atoms with Crippen molar-refractivity contribution in [3.63, 3.8) is 0 Å². The summed E-state index contributed by atoms with van der Waals surface area (Å²) < 4.78 is 5.91. The maximum atomic E-state index is 6.26. The van der Waals surface area contributed by atoms with Gasteiger partial charge in [0, 0.05) is 11.3 Å². The molecule has 1 aliphatic rings. The van der Waals surface area contributed by atoms with Gasteiger partial charge >= 0.3 is 0 Å². The molecule has 0 aliphatic carbocycles. The van der Waals surface area contributed by atoms with E-state index in [9.17, 15) is 0 Å². The summed E-state index contributed by atoms with van der Waals surface area (Å²) in [5.41, 5.74) is 6.95. The van der Waals surface area contributed by atoms with Gasteiger partial charge in [0.25, 0.3) is 0 Å². The van der Waals surface area contributed by atoms with Crippen LogP contribution in [0.25, 0.3) is 0 Å². The molecule has 1 aromatic rings. The molecule has 1 aliphatic heterocycles. The zero-order valence-corrected chi connectivity index (χ0v) is 12.5. The molecular weight excluding hydrogens is 266 g/mol. The van der Waals surface area contributed by atoms with Gasteiger partial charge in [0.1, 0.15) is 11.9 Å². The van der Waals surface area contributed by atoms with Crippen LogP contribution in [0.2, 0.25) is 5.02 Å². The molecule has 0 bridgehead atoms. The SMILES string of the molecule is CC(C)(N)Cc1ccc(OC2CCSC2)c(Cl)c1. The lowest BCUT2D eigenvalue weighted by Gasteiger charge is -2.19. The van der Waals surface area contributed by atoms with Crippen LogP contribution in [-0.4, -0.2) is 23.1 Å². The summed E-state index contributed by atoms with van der Waals surface area (Å²) in [6.45, 7) is 4.03. The molecule has 2 nitrogen and oxygen atoms in total. The van der Waals surface area contributed by atoms with Crippen LogP contribution in [0.15, 0.2) is 18.2 Å². The van der Waals surface area contributed by atoms with E-state index in [-0.39, 0.29) is 5.54 Å². The van der Waals surface area contributed by atoms with Crippen molar-refractivity contribution in [3.8, 4) is 5.75 Å². The van der Waals surface area contributed by atoms with Gasteiger partial charge in [-0.25, -0.2) is 0 Å². The van der Waals surface area contributed by atoms with Crippen LogP contribution in [-0.2, 0) is 6.42 Å². The molecule has 4 heteroatoms. The molecule has 2 N–H and O–H groups in total. The standard InChI is InChI=1S/C14H20ClNOS/c1-14(2,16)8-10-3-4-13(12(15)7-10)17-11-5-6-18-9-11/h3-4,7,11H,5-6,8-9,16H2,1-2H3. The highest BCUT2D eigenvalue weighted by Crippen LogP contribution is 2.30. The second-order valence-corrected chi connectivity index (χ2v) is 7.09. The van der Waals surface area contributed by atoms with Crippen molar-refractivity contribution in [2.24, 2.45) is 5.73 Å². The number of halogens is 1. The Bertz CT molecular complexity index is 411. The Morgan fingerprint density at radius 2 is 2.28 bits per heavy atom. The van der Waals surface area contributed by atoms with Gasteiger partial charge in [-0.15, -0.1) is 0 Å². The molecule has 1 saturated heterocycles. The minimum absolute atomic E-state index is 0.214. The van der Waals surface area contributed by atoms with Gasteiger partial charge in [-0.2, -0.15) is 11.8 Å². The van der Waals surface area contributed by atoms with Crippen LogP contribution >= 0.6 is 23.4 Å². The first kappa shape index (κ1) is 14.0. The zero-order chi connectivity index (χ0) is 13.2. The van der Waals surface area contributed by atoms with Crippen molar-refractivity contribution in [3.05, 3.63) is 28.8 Å². The first-order valence-corrected chi connectivity index (χ1v) is 7.79. The van der Waals surface area contributed by atoms with Crippen LogP contribution in [0, 0.1) is 0 Å². The van der Waals surface area contributed by atoms with Crippen molar-refractivity contribution in [2.75, 3.05) is 11.5 Å². The third-order valence-electron chi connectivity index (χ3n) is 2.84. The highest BCUT2D eigenvalue weighted by atomic mass is 35.5. The van der Waals surface area contributed by atoms with Gasteiger partial charge in [0.2, 0.25) is 0 Å². The van der Waals surface area contributed by atoms with Crippen molar-refractivity contribution < 1.29 is 4.74 Å². The number of hydrogen-bond donors (Lipinski definition) is 1. The molecule has 18 heavy (non-hydrogen) atoms. The minimum atomic E-state index is -0.214. The second-order valence-electron chi connectivity index (χ2n) is 5.53. The van der Waals surface area contributed by atoms with E-state index in [0.29, 0.717) is 11.1 Å². The van der Waals surface area contributed by atoms with Gasteiger partial charge in [0.15, 0.2) is 0 Å². The van der Waals surface area contributed by atoms with Gasteiger partial charge in [0.05, 0.1) is 5.02 Å².